The standard InChI is InChI=1S/C15H30N2/c1-4-13-11-15(12-14(5-2)16(13)3)17-9-7-6-8-10-17/h13-15H,4-12H2,1-3H3. The summed E-state index contributed by atoms with van der Waals surface area (Å²) in [6.45, 7) is 7.43. The van der Waals surface area contributed by atoms with Crippen molar-refractivity contribution in [1.82, 2.24) is 9.80 Å². The Labute approximate surface area is 107 Å². The first kappa shape index (κ1) is 13.4. The summed E-state index contributed by atoms with van der Waals surface area (Å²) in [4.78, 5) is 5.45. The lowest BCUT2D eigenvalue weighted by molar-refractivity contribution is 0.0279. The van der Waals surface area contributed by atoms with Crippen LogP contribution in [0.2, 0.25) is 0 Å². The van der Waals surface area contributed by atoms with E-state index < -0.39 is 0 Å². The Balaban J connectivity index is 1.97. The van der Waals surface area contributed by atoms with Crippen molar-refractivity contribution in [3.63, 3.8) is 0 Å². The molecule has 2 aliphatic rings. The van der Waals surface area contributed by atoms with Crippen molar-refractivity contribution in [1.29, 1.82) is 0 Å². The second-order valence-electron chi connectivity index (χ2n) is 6.01. The Morgan fingerprint density at radius 1 is 0.882 bits per heavy atom. The lowest BCUT2D eigenvalue weighted by atomic mass is 9.87. The van der Waals surface area contributed by atoms with Crippen LogP contribution in [-0.2, 0) is 0 Å². The van der Waals surface area contributed by atoms with Gasteiger partial charge >= 0.3 is 0 Å². The maximum absolute atomic E-state index is 2.79. The Morgan fingerprint density at radius 2 is 1.41 bits per heavy atom. The van der Waals surface area contributed by atoms with Crippen LogP contribution in [0.25, 0.3) is 0 Å². The topological polar surface area (TPSA) is 6.48 Å². The highest BCUT2D eigenvalue weighted by Gasteiger charge is 2.34. The van der Waals surface area contributed by atoms with Gasteiger partial charge in [-0.15, -0.1) is 0 Å². The van der Waals surface area contributed by atoms with Gasteiger partial charge in [-0.05, 0) is 58.7 Å². The second-order valence-corrected chi connectivity index (χ2v) is 6.01. The van der Waals surface area contributed by atoms with Gasteiger partial charge < -0.3 is 9.80 Å². The molecular formula is C15H30N2. The van der Waals surface area contributed by atoms with Crippen LogP contribution in [0, 0.1) is 0 Å². The highest BCUT2D eigenvalue weighted by atomic mass is 15.2. The van der Waals surface area contributed by atoms with E-state index in [1.165, 1.54) is 58.0 Å². The molecule has 2 unspecified atom stereocenters. The summed E-state index contributed by atoms with van der Waals surface area (Å²) in [5.74, 6) is 0. The molecule has 100 valence electrons. The first-order valence-electron chi connectivity index (χ1n) is 7.72. The number of hydrogen-bond acceptors (Lipinski definition) is 2. The summed E-state index contributed by atoms with van der Waals surface area (Å²) in [5, 5.41) is 0. The average Bonchev–Trinajstić information content (AvgIpc) is 2.40. The molecule has 0 amide bonds. The van der Waals surface area contributed by atoms with Gasteiger partial charge in [-0.1, -0.05) is 20.3 Å². The molecule has 2 aliphatic heterocycles. The van der Waals surface area contributed by atoms with E-state index >= 15 is 0 Å². The predicted octanol–water partition coefficient (Wildman–Crippen LogP) is 3.12. The van der Waals surface area contributed by atoms with E-state index in [1.54, 1.807) is 0 Å². The Bertz CT molecular complexity index is 209. The molecular weight excluding hydrogens is 208 g/mol. The van der Waals surface area contributed by atoms with Gasteiger partial charge in [-0.2, -0.15) is 0 Å². The zero-order valence-corrected chi connectivity index (χ0v) is 12.0. The van der Waals surface area contributed by atoms with Crippen LogP contribution in [0.15, 0.2) is 0 Å². The third-order valence-electron chi connectivity index (χ3n) is 5.09. The minimum absolute atomic E-state index is 0.820. The average molecular weight is 238 g/mol. The van der Waals surface area contributed by atoms with Crippen molar-refractivity contribution in [2.24, 2.45) is 0 Å². The van der Waals surface area contributed by atoms with Gasteiger partial charge in [0.15, 0.2) is 0 Å². The van der Waals surface area contributed by atoms with Crippen LogP contribution in [0.3, 0.4) is 0 Å². The van der Waals surface area contributed by atoms with Crippen molar-refractivity contribution in [2.45, 2.75) is 76.9 Å². The molecule has 0 spiro atoms. The van der Waals surface area contributed by atoms with Crippen LogP contribution in [0.1, 0.15) is 58.8 Å². The molecule has 2 rings (SSSR count). The van der Waals surface area contributed by atoms with Crippen LogP contribution in [0.5, 0.6) is 0 Å². The summed E-state index contributed by atoms with van der Waals surface area (Å²) in [6, 6.07) is 2.52. The van der Waals surface area contributed by atoms with Gasteiger partial charge in [0, 0.05) is 18.1 Å². The molecule has 0 aromatic carbocycles. The molecule has 2 heteroatoms. The summed E-state index contributed by atoms with van der Waals surface area (Å²) >= 11 is 0. The lowest BCUT2D eigenvalue weighted by Gasteiger charge is -2.47. The SMILES string of the molecule is CCC1CC(N2CCCCC2)CC(CC)N1C. The zero-order chi connectivity index (χ0) is 12.3. The fourth-order valence-corrected chi connectivity index (χ4v) is 3.85. The van der Waals surface area contributed by atoms with Crippen LogP contribution < -0.4 is 0 Å². The van der Waals surface area contributed by atoms with Crippen LogP contribution in [-0.4, -0.2) is 48.1 Å². The summed E-state index contributed by atoms with van der Waals surface area (Å²) in [7, 11) is 2.34. The monoisotopic (exact) mass is 238 g/mol. The van der Waals surface area contributed by atoms with Gasteiger partial charge in [0.1, 0.15) is 0 Å². The van der Waals surface area contributed by atoms with Crippen LogP contribution in [0.4, 0.5) is 0 Å². The molecule has 0 saturated carbocycles. The van der Waals surface area contributed by atoms with Crippen molar-refractivity contribution in [2.75, 3.05) is 20.1 Å². The van der Waals surface area contributed by atoms with Crippen molar-refractivity contribution < 1.29 is 0 Å². The molecule has 0 aromatic heterocycles. The molecule has 0 N–H and O–H groups in total. The zero-order valence-electron chi connectivity index (χ0n) is 12.0. The van der Waals surface area contributed by atoms with E-state index in [0.717, 1.165) is 18.1 Å². The molecule has 2 saturated heterocycles. The summed E-state index contributed by atoms with van der Waals surface area (Å²) < 4.78 is 0. The van der Waals surface area contributed by atoms with E-state index in [-0.39, 0.29) is 0 Å². The second kappa shape index (κ2) is 6.19. The van der Waals surface area contributed by atoms with Crippen molar-refractivity contribution in [3.05, 3.63) is 0 Å². The summed E-state index contributed by atoms with van der Waals surface area (Å²) in [5.41, 5.74) is 0. The summed E-state index contributed by atoms with van der Waals surface area (Å²) in [6.07, 6.45) is 9.76. The highest BCUT2D eigenvalue weighted by Crippen LogP contribution is 2.30. The molecule has 2 heterocycles. The predicted molar refractivity (Wildman–Crippen MR) is 74.4 cm³/mol. The van der Waals surface area contributed by atoms with E-state index in [9.17, 15) is 0 Å². The van der Waals surface area contributed by atoms with Gasteiger partial charge in [-0.3, -0.25) is 0 Å². The molecule has 2 atom stereocenters. The molecule has 2 fully saturated rings. The Hall–Kier alpha value is -0.0800. The third kappa shape index (κ3) is 3.03. The minimum atomic E-state index is 0.820. The first-order chi connectivity index (χ1) is 8.26. The largest absolute Gasteiger partial charge is 0.300 e. The Morgan fingerprint density at radius 3 is 1.88 bits per heavy atom. The number of likely N-dealkylation sites (tertiary alicyclic amines) is 2. The van der Waals surface area contributed by atoms with Gasteiger partial charge in [0.25, 0.3) is 0 Å². The van der Waals surface area contributed by atoms with E-state index in [2.05, 4.69) is 30.7 Å². The van der Waals surface area contributed by atoms with Gasteiger partial charge in [0.2, 0.25) is 0 Å². The fourth-order valence-electron chi connectivity index (χ4n) is 3.85. The molecule has 0 aliphatic carbocycles. The molecule has 0 bridgehead atoms. The molecule has 0 radical (unpaired) electrons. The van der Waals surface area contributed by atoms with Gasteiger partial charge in [0.05, 0.1) is 0 Å². The first-order valence-corrected chi connectivity index (χ1v) is 7.72. The third-order valence-corrected chi connectivity index (χ3v) is 5.09. The quantitative estimate of drug-likeness (QED) is 0.745. The molecule has 0 aromatic rings. The van der Waals surface area contributed by atoms with Gasteiger partial charge in [-0.25, -0.2) is 0 Å². The maximum Gasteiger partial charge on any atom is 0.0125 e. The number of hydrogen-bond donors (Lipinski definition) is 0. The van der Waals surface area contributed by atoms with E-state index in [1.807, 2.05) is 0 Å². The maximum atomic E-state index is 2.79. The van der Waals surface area contributed by atoms with Crippen LogP contribution >= 0.6 is 0 Å². The smallest absolute Gasteiger partial charge is 0.0125 e. The number of nitrogens with zero attached hydrogens (tertiary/aromatic N) is 2. The molecule has 2 nitrogen and oxygen atoms in total. The number of rotatable bonds is 3. The normalized spacial score (nSPS) is 37.2. The Kier molecular flexibility index (Phi) is 4.87. The molecule has 17 heavy (non-hydrogen) atoms. The van der Waals surface area contributed by atoms with Crippen molar-refractivity contribution in [3.8, 4) is 0 Å². The minimum Gasteiger partial charge on any atom is -0.300 e. The number of piperidine rings is 2. The van der Waals surface area contributed by atoms with E-state index in [4.69, 9.17) is 0 Å². The van der Waals surface area contributed by atoms with E-state index in [0.29, 0.717) is 0 Å². The lowest BCUT2D eigenvalue weighted by Crippen LogP contribution is -2.53. The fraction of sp³-hybridized carbons (Fsp3) is 1.00. The highest BCUT2D eigenvalue weighted by molar-refractivity contribution is 4.91. The van der Waals surface area contributed by atoms with Crippen molar-refractivity contribution >= 4 is 0 Å².